The van der Waals surface area contributed by atoms with Gasteiger partial charge in [0.05, 0.1) is 30.7 Å². The Morgan fingerprint density at radius 2 is 1.79 bits per heavy atom. The molecule has 1 aliphatic rings. The van der Waals surface area contributed by atoms with Crippen LogP contribution in [0.15, 0.2) is 53.4 Å². The number of nitrogens with one attached hydrogen (secondary N) is 1. The van der Waals surface area contributed by atoms with Crippen molar-refractivity contribution in [2.75, 3.05) is 58.7 Å². The van der Waals surface area contributed by atoms with Crippen LogP contribution in [-0.2, 0) is 19.6 Å². The number of benzene rings is 2. The first-order chi connectivity index (χ1) is 16.2. The number of carbonyl (C=O) groups excluding carboxylic acids is 2. The van der Waals surface area contributed by atoms with Crippen molar-refractivity contribution in [2.24, 2.45) is 0 Å². The number of amides is 2. The number of carbonyl (C=O) groups is 2. The molecule has 0 aliphatic carbocycles. The van der Waals surface area contributed by atoms with Gasteiger partial charge in [-0.05, 0) is 31.3 Å². The molecule has 0 unspecified atom stereocenters. The quantitative estimate of drug-likeness (QED) is 0.591. The predicted octanol–water partition coefficient (Wildman–Crippen LogP) is 0.970. The Balaban J connectivity index is 1.50. The van der Waals surface area contributed by atoms with Gasteiger partial charge in [-0.2, -0.15) is 9.57 Å². The van der Waals surface area contributed by atoms with Crippen LogP contribution in [0.2, 0.25) is 0 Å². The summed E-state index contributed by atoms with van der Waals surface area (Å²) in [5.41, 5.74) is 0.689. The van der Waals surface area contributed by atoms with E-state index in [-0.39, 0.29) is 61.5 Å². The zero-order valence-corrected chi connectivity index (χ0v) is 19.9. The van der Waals surface area contributed by atoms with Crippen LogP contribution in [-0.4, -0.2) is 87.8 Å². The monoisotopic (exact) mass is 485 g/mol. The normalized spacial score (nSPS) is 14.5. The molecule has 0 aromatic heterocycles. The van der Waals surface area contributed by atoms with E-state index in [2.05, 4.69) is 5.32 Å². The highest BCUT2D eigenvalue weighted by Gasteiger charge is 2.31. The van der Waals surface area contributed by atoms with Crippen molar-refractivity contribution in [3.05, 3.63) is 54.1 Å². The zero-order valence-electron chi connectivity index (χ0n) is 19.1. The number of anilines is 1. The van der Waals surface area contributed by atoms with Crippen molar-refractivity contribution >= 4 is 27.5 Å². The van der Waals surface area contributed by atoms with Crippen LogP contribution in [0.25, 0.3) is 0 Å². The minimum Gasteiger partial charge on any atom is -0.497 e. The number of piperazine rings is 1. The summed E-state index contributed by atoms with van der Waals surface area (Å²) in [6.45, 7) is 0.771. The maximum atomic E-state index is 12.9. The van der Waals surface area contributed by atoms with Gasteiger partial charge in [-0.25, -0.2) is 8.42 Å². The molecule has 0 bridgehead atoms. The van der Waals surface area contributed by atoms with E-state index >= 15 is 0 Å². The van der Waals surface area contributed by atoms with Gasteiger partial charge < -0.3 is 15.0 Å². The van der Waals surface area contributed by atoms with Crippen molar-refractivity contribution in [2.45, 2.75) is 4.90 Å². The Bertz CT molecular complexity index is 1190. The first-order valence-electron chi connectivity index (χ1n) is 10.6. The van der Waals surface area contributed by atoms with Crippen molar-refractivity contribution < 1.29 is 22.7 Å². The Labute approximate surface area is 199 Å². The number of nitriles is 1. The van der Waals surface area contributed by atoms with Crippen LogP contribution >= 0.6 is 0 Å². The summed E-state index contributed by atoms with van der Waals surface area (Å²) in [6.07, 6.45) is 0. The molecule has 10 nitrogen and oxygen atoms in total. The summed E-state index contributed by atoms with van der Waals surface area (Å²) in [4.78, 5) is 28.1. The van der Waals surface area contributed by atoms with E-state index in [9.17, 15) is 23.3 Å². The molecule has 2 aromatic rings. The molecule has 34 heavy (non-hydrogen) atoms. The van der Waals surface area contributed by atoms with Gasteiger partial charge in [0.1, 0.15) is 11.8 Å². The second kappa shape index (κ2) is 11.1. The Morgan fingerprint density at radius 1 is 1.09 bits per heavy atom. The van der Waals surface area contributed by atoms with Crippen LogP contribution in [0.1, 0.15) is 5.56 Å². The molecule has 1 heterocycles. The molecule has 0 saturated carbocycles. The van der Waals surface area contributed by atoms with Gasteiger partial charge in [-0.1, -0.05) is 18.2 Å². The highest BCUT2D eigenvalue weighted by Crippen LogP contribution is 2.21. The van der Waals surface area contributed by atoms with E-state index in [4.69, 9.17) is 4.74 Å². The number of hydrogen-bond donors (Lipinski definition) is 1. The third kappa shape index (κ3) is 6.11. The molecule has 1 N–H and O–H groups in total. The van der Waals surface area contributed by atoms with E-state index in [0.717, 1.165) is 0 Å². The maximum absolute atomic E-state index is 12.9. The lowest BCUT2D eigenvalue weighted by Crippen LogP contribution is -2.52. The number of methoxy groups -OCH3 is 1. The summed E-state index contributed by atoms with van der Waals surface area (Å²) in [5, 5.41) is 12.0. The maximum Gasteiger partial charge on any atom is 0.244 e. The summed E-state index contributed by atoms with van der Waals surface area (Å²) < 4.78 is 32.3. The second-order valence-electron chi connectivity index (χ2n) is 7.85. The van der Waals surface area contributed by atoms with Gasteiger partial charge >= 0.3 is 0 Å². The SMILES string of the molecule is COc1cccc(NC(=O)CN(C)CC(=O)N2CCN(S(=O)(=O)c3ccccc3C#N)CC2)c1. The molecule has 0 radical (unpaired) electrons. The summed E-state index contributed by atoms with van der Waals surface area (Å²) in [6, 6.07) is 15.0. The molecular formula is C23H27N5O5S. The Hall–Kier alpha value is -3.46. The highest BCUT2D eigenvalue weighted by molar-refractivity contribution is 7.89. The van der Waals surface area contributed by atoms with Crippen molar-refractivity contribution in [1.29, 1.82) is 5.26 Å². The first kappa shape index (κ1) is 25.2. The molecule has 1 aliphatic heterocycles. The molecule has 180 valence electrons. The van der Waals surface area contributed by atoms with Crippen LogP contribution in [0.3, 0.4) is 0 Å². The lowest BCUT2D eigenvalue weighted by Gasteiger charge is -2.34. The summed E-state index contributed by atoms with van der Waals surface area (Å²) >= 11 is 0. The van der Waals surface area contributed by atoms with E-state index < -0.39 is 10.0 Å². The molecule has 0 spiro atoms. The molecule has 0 atom stereocenters. The first-order valence-corrected chi connectivity index (χ1v) is 12.1. The predicted molar refractivity (Wildman–Crippen MR) is 126 cm³/mol. The zero-order chi connectivity index (χ0) is 24.7. The molecule has 2 aromatic carbocycles. The van der Waals surface area contributed by atoms with Crippen LogP contribution < -0.4 is 10.1 Å². The fourth-order valence-corrected chi connectivity index (χ4v) is 5.20. The third-order valence-electron chi connectivity index (χ3n) is 5.39. The van der Waals surface area contributed by atoms with E-state index in [1.54, 1.807) is 60.4 Å². The Morgan fingerprint density at radius 3 is 2.47 bits per heavy atom. The average Bonchev–Trinajstić information content (AvgIpc) is 2.83. The van der Waals surface area contributed by atoms with Gasteiger partial charge in [0.25, 0.3) is 0 Å². The van der Waals surface area contributed by atoms with Gasteiger partial charge in [-0.15, -0.1) is 0 Å². The average molecular weight is 486 g/mol. The topological polar surface area (TPSA) is 123 Å². The number of hydrogen-bond acceptors (Lipinski definition) is 7. The van der Waals surface area contributed by atoms with Crippen LogP contribution in [0.5, 0.6) is 5.75 Å². The van der Waals surface area contributed by atoms with Crippen molar-refractivity contribution in [1.82, 2.24) is 14.1 Å². The van der Waals surface area contributed by atoms with Crippen molar-refractivity contribution in [3.8, 4) is 11.8 Å². The number of likely N-dealkylation sites (N-methyl/N-ethyl adjacent to an activating group) is 1. The lowest BCUT2D eigenvalue weighted by molar-refractivity contribution is -0.133. The van der Waals surface area contributed by atoms with Crippen LogP contribution in [0.4, 0.5) is 5.69 Å². The van der Waals surface area contributed by atoms with E-state index in [1.807, 2.05) is 6.07 Å². The van der Waals surface area contributed by atoms with Gasteiger partial charge in [0.15, 0.2) is 0 Å². The third-order valence-corrected chi connectivity index (χ3v) is 7.35. The molecular weight excluding hydrogens is 458 g/mol. The Kier molecular flexibility index (Phi) is 8.22. The number of sulfonamides is 1. The summed E-state index contributed by atoms with van der Waals surface area (Å²) in [7, 11) is -0.615. The van der Waals surface area contributed by atoms with E-state index in [1.165, 1.54) is 16.4 Å². The lowest BCUT2D eigenvalue weighted by atomic mass is 10.2. The van der Waals surface area contributed by atoms with Gasteiger partial charge in [-0.3, -0.25) is 14.5 Å². The largest absolute Gasteiger partial charge is 0.497 e. The van der Waals surface area contributed by atoms with Crippen molar-refractivity contribution in [3.63, 3.8) is 0 Å². The second-order valence-corrected chi connectivity index (χ2v) is 9.75. The van der Waals surface area contributed by atoms with Gasteiger partial charge in [0.2, 0.25) is 21.8 Å². The van der Waals surface area contributed by atoms with E-state index in [0.29, 0.717) is 11.4 Å². The molecule has 3 rings (SSSR count). The van der Waals surface area contributed by atoms with Gasteiger partial charge in [0, 0.05) is 37.9 Å². The minimum absolute atomic E-state index is 0.0161. The number of rotatable bonds is 8. The van der Waals surface area contributed by atoms with Crippen LogP contribution in [0, 0.1) is 11.3 Å². The number of nitrogens with zero attached hydrogens (tertiary/aromatic N) is 4. The standard InChI is InChI=1S/C23H27N5O5S/c1-26(16-22(29)25-19-7-5-8-20(14-19)33-2)17-23(30)27-10-12-28(13-11-27)34(31,32)21-9-4-3-6-18(21)15-24/h3-9,14H,10-13,16-17H2,1-2H3,(H,25,29). The molecule has 1 saturated heterocycles. The fraction of sp³-hybridized carbons (Fsp3) is 0.348. The highest BCUT2D eigenvalue weighted by atomic mass is 32.2. The summed E-state index contributed by atoms with van der Waals surface area (Å²) in [5.74, 6) is 0.167. The fourth-order valence-electron chi connectivity index (χ4n) is 3.63. The molecule has 1 fully saturated rings. The molecule has 2 amide bonds. The smallest absolute Gasteiger partial charge is 0.244 e. The minimum atomic E-state index is -3.83. The molecule has 11 heteroatoms. The number of ether oxygens (including phenoxy) is 1.